The van der Waals surface area contributed by atoms with Gasteiger partial charge in [-0.2, -0.15) is 0 Å². The van der Waals surface area contributed by atoms with E-state index in [1.165, 1.54) is 0 Å². The van der Waals surface area contributed by atoms with Gasteiger partial charge in [-0.3, -0.25) is 9.59 Å². The Balaban J connectivity index is 2.35. The van der Waals surface area contributed by atoms with Crippen LogP contribution in [0.1, 0.15) is 17.2 Å². The van der Waals surface area contributed by atoms with Crippen LogP contribution in [0.4, 0.5) is 5.69 Å². The van der Waals surface area contributed by atoms with Crippen LogP contribution < -0.4 is 16.4 Å². The highest BCUT2D eigenvalue weighted by Crippen LogP contribution is 2.26. The van der Waals surface area contributed by atoms with E-state index in [0.29, 0.717) is 6.42 Å². The zero-order chi connectivity index (χ0) is 11.7. The summed E-state index contributed by atoms with van der Waals surface area (Å²) in [6.07, 6.45) is 0.359. The summed E-state index contributed by atoms with van der Waals surface area (Å²) in [5, 5.41) is 5.58. The number of fused-ring (bicyclic) bond motifs is 1. The molecule has 1 unspecified atom stereocenters. The second-order valence-electron chi connectivity index (χ2n) is 3.77. The number of nitrogens with two attached hydrogens (primary N) is 1. The monoisotopic (exact) mass is 219 g/mol. The van der Waals surface area contributed by atoms with Crippen LogP contribution in [0.5, 0.6) is 0 Å². The van der Waals surface area contributed by atoms with Crippen molar-refractivity contribution in [1.29, 1.82) is 0 Å². The predicted molar refractivity (Wildman–Crippen MR) is 59.8 cm³/mol. The molecule has 0 aliphatic carbocycles. The van der Waals surface area contributed by atoms with Gasteiger partial charge in [-0.05, 0) is 24.2 Å². The van der Waals surface area contributed by atoms with Gasteiger partial charge in [0.15, 0.2) is 0 Å². The average molecular weight is 219 g/mol. The molecule has 1 aliphatic rings. The Kier molecular flexibility index (Phi) is 2.62. The summed E-state index contributed by atoms with van der Waals surface area (Å²) in [5.41, 5.74) is 7.77. The maximum absolute atomic E-state index is 11.2. The number of rotatable bonds is 3. The van der Waals surface area contributed by atoms with E-state index in [1.54, 1.807) is 19.2 Å². The minimum absolute atomic E-state index is 0.0211. The van der Waals surface area contributed by atoms with Crippen molar-refractivity contribution in [3.63, 3.8) is 0 Å². The molecule has 0 saturated heterocycles. The van der Waals surface area contributed by atoms with Crippen LogP contribution in [0, 0.1) is 0 Å². The van der Waals surface area contributed by atoms with Crippen molar-refractivity contribution in [3.8, 4) is 0 Å². The van der Waals surface area contributed by atoms with E-state index in [-0.39, 0.29) is 5.91 Å². The molecular formula is C11H13N3O2. The molecule has 0 bridgehead atoms. The highest BCUT2D eigenvalue weighted by Gasteiger charge is 2.21. The average Bonchev–Trinajstić information content (AvgIpc) is 2.57. The van der Waals surface area contributed by atoms with Crippen LogP contribution >= 0.6 is 0 Å². The number of carbonyl (C=O) groups is 2. The van der Waals surface area contributed by atoms with E-state index >= 15 is 0 Å². The molecular weight excluding hydrogens is 206 g/mol. The first-order valence-corrected chi connectivity index (χ1v) is 5.01. The Morgan fingerprint density at radius 3 is 2.94 bits per heavy atom. The third-order valence-corrected chi connectivity index (χ3v) is 2.66. The first-order valence-electron chi connectivity index (χ1n) is 5.01. The number of primary amides is 1. The number of anilines is 1. The third kappa shape index (κ3) is 1.77. The summed E-state index contributed by atoms with van der Waals surface area (Å²) in [5.74, 6) is -0.452. The van der Waals surface area contributed by atoms with Crippen LogP contribution in [0.2, 0.25) is 0 Å². The first kappa shape index (κ1) is 10.6. The summed E-state index contributed by atoms with van der Waals surface area (Å²) in [4.78, 5) is 22.3. The fraction of sp³-hybridized carbons (Fsp3) is 0.273. The van der Waals surface area contributed by atoms with Gasteiger partial charge < -0.3 is 16.4 Å². The fourth-order valence-electron chi connectivity index (χ4n) is 1.90. The van der Waals surface area contributed by atoms with Gasteiger partial charge in [0.25, 0.3) is 0 Å². The maximum Gasteiger partial charge on any atom is 0.239 e. The van der Waals surface area contributed by atoms with Crippen LogP contribution in [0.25, 0.3) is 0 Å². The lowest BCUT2D eigenvalue weighted by molar-refractivity contribution is -0.120. The number of hydrogen-bond donors (Lipinski definition) is 3. The Morgan fingerprint density at radius 1 is 1.56 bits per heavy atom. The minimum atomic E-state index is -0.513. The van der Waals surface area contributed by atoms with Gasteiger partial charge in [0.2, 0.25) is 11.8 Å². The maximum atomic E-state index is 11.2. The number of benzene rings is 1. The van der Waals surface area contributed by atoms with Crippen molar-refractivity contribution in [2.75, 3.05) is 12.4 Å². The zero-order valence-electron chi connectivity index (χ0n) is 8.91. The van der Waals surface area contributed by atoms with Crippen molar-refractivity contribution < 1.29 is 9.59 Å². The lowest BCUT2D eigenvalue weighted by Crippen LogP contribution is -2.31. The van der Waals surface area contributed by atoms with Gasteiger partial charge in [0.1, 0.15) is 6.04 Å². The number of nitrogens with one attached hydrogen (secondary N) is 2. The molecule has 0 radical (unpaired) electrons. The Labute approximate surface area is 93.0 Å². The van der Waals surface area contributed by atoms with Crippen molar-refractivity contribution in [2.24, 2.45) is 5.73 Å². The normalized spacial score (nSPS) is 15.4. The molecule has 1 aliphatic heterocycles. The molecule has 1 heterocycles. The molecule has 1 aromatic carbocycles. The summed E-state index contributed by atoms with van der Waals surface area (Å²) >= 11 is 0. The molecule has 2 rings (SSSR count). The van der Waals surface area contributed by atoms with E-state index in [0.717, 1.165) is 16.8 Å². The van der Waals surface area contributed by atoms with Crippen molar-refractivity contribution in [3.05, 3.63) is 29.3 Å². The standard InChI is InChI=1S/C11H13N3O2/c1-13-10(11(12)16)6-2-3-8-7(4-6)5-9(15)14-8/h2-4,10,13H,5H2,1H3,(H2,12,16)(H,14,15). The second-order valence-corrected chi connectivity index (χ2v) is 3.77. The van der Waals surface area contributed by atoms with Crippen molar-refractivity contribution in [1.82, 2.24) is 5.32 Å². The molecule has 0 saturated carbocycles. The van der Waals surface area contributed by atoms with Gasteiger partial charge in [0, 0.05) is 5.69 Å². The van der Waals surface area contributed by atoms with Gasteiger partial charge in [-0.25, -0.2) is 0 Å². The third-order valence-electron chi connectivity index (χ3n) is 2.66. The van der Waals surface area contributed by atoms with Crippen LogP contribution in [0.15, 0.2) is 18.2 Å². The topological polar surface area (TPSA) is 84.2 Å². The molecule has 1 atom stereocenters. The van der Waals surface area contributed by atoms with E-state index in [4.69, 9.17) is 5.73 Å². The first-order chi connectivity index (χ1) is 7.61. The Morgan fingerprint density at radius 2 is 2.31 bits per heavy atom. The second kappa shape index (κ2) is 3.94. The Bertz CT molecular complexity index is 457. The highest BCUT2D eigenvalue weighted by molar-refractivity contribution is 5.99. The minimum Gasteiger partial charge on any atom is -0.368 e. The van der Waals surface area contributed by atoms with E-state index in [2.05, 4.69) is 10.6 Å². The summed E-state index contributed by atoms with van der Waals surface area (Å²) in [6.45, 7) is 0. The number of carbonyl (C=O) groups excluding carboxylic acids is 2. The molecule has 0 spiro atoms. The molecule has 84 valence electrons. The molecule has 0 fully saturated rings. The van der Waals surface area contributed by atoms with E-state index < -0.39 is 11.9 Å². The van der Waals surface area contributed by atoms with Gasteiger partial charge in [-0.1, -0.05) is 12.1 Å². The highest BCUT2D eigenvalue weighted by atomic mass is 16.2. The molecule has 16 heavy (non-hydrogen) atoms. The molecule has 1 aromatic rings. The summed E-state index contributed by atoms with van der Waals surface area (Å²) in [6, 6.07) is 4.90. The van der Waals surface area contributed by atoms with E-state index in [9.17, 15) is 9.59 Å². The fourth-order valence-corrected chi connectivity index (χ4v) is 1.90. The van der Waals surface area contributed by atoms with E-state index in [1.807, 2.05) is 6.07 Å². The number of likely N-dealkylation sites (N-methyl/N-ethyl adjacent to an activating group) is 1. The van der Waals surface area contributed by atoms with Crippen LogP contribution in [-0.4, -0.2) is 18.9 Å². The van der Waals surface area contributed by atoms with Gasteiger partial charge >= 0.3 is 0 Å². The predicted octanol–water partition coefficient (Wildman–Crippen LogP) is -0.0730. The SMILES string of the molecule is CNC(C(N)=O)c1ccc2c(c1)CC(=O)N2. The molecule has 5 heteroatoms. The van der Waals surface area contributed by atoms with Gasteiger partial charge in [-0.15, -0.1) is 0 Å². The Hall–Kier alpha value is -1.88. The van der Waals surface area contributed by atoms with Crippen molar-refractivity contribution >= 4 is 17.5 Å². The molecule has 5 nitrogen and oxygen atoms in total. The van der Waals surface area contributed by atoms with Gasteiger partial charge in [0.05, 0.1) is 6.42 Å². The lowest BCUT2D eigenvalue weighted by Gasteiger charge is -2.13. The zero-order valence-corrected chi connectivity index (χ0v) is 8.91. The molecule has 2 amide bonds. The van der Waals surface area contributed by atoms with Crippen LogP contribution in [0.3, 0.4) is 0 Å². The van der Waals surface area contributed by atoms with Crippen LogP contribution in [-0.2, 0) is 16.0 Å². The quantitative estimate of drug-likeness (QED) is 0.665. The summed E-state index contributed by atoms with van der Waals surface area (Å²) in [7, 11) is 1.67. The molecule has 4 N–H and O–H groups in total. The largest absolute Gasteiger partial charge is 0.368 e. The van der Waals surface area contributed by atoms with Crippen molar-refractivity contribution in [2.45, 2.75) is 12.5 Å². The smallest absolute Gasteiger partial charge is 0.239 e. The number of hydrogen-bond acceptors (Lipinski definition) is 3. The molecule has 0 aromatic heterocycles. The number of amides is 2. The summed E-state index contributed by atoms with van der Waals surface area (Å²) < 4.78 is 0. The lowest BCUT2D eigenvalue weighted by atomic mass is 10.0.